The molecule has 0 aromatic heterocycles. The summed E-state index contributed by atoms with van der Waals surface area (Å²) in [5.74, 6) is -1.44. The molecule has 134 valence electrons. The van der Waals surface area contributed by atoms with Crippen molar-refractivity contribution in [3.63, 3.8) is 0 Å². The van der Waals surface area contributed by atoms with Crippen molar-refractivity contribution < 1.29 is 23.9 Å². The summed E-state index contributed by atoms with van der Waals surface area (Å²) in [5, 5.41) is 0. The minimum absolute atomic E-state index is 0.0900. The molecule has 5 heteroatoms. The summed E-state index contributed by atoms with van der Waals surface area (Å²) in [7, 11) is 0. The molecule has 2 aliphatic carbocycles. The number of hydrogen-bond donors (Lipinski definition) is 0. The lowest BCUT2D eigenvalue weighted by molar-refractivity contribution is -0.153. The first kappa shape index (κ1) is 18.7. The van der Waals surface area contributed by atoms with Crippen LogP contribution in [-0.2, 0) is 23.9 Å². The van der Waals surface area contributed by atoms with Gasteiger partial charge in [0, 0.05) is 5.41 Å². The average Bonchev–Trinajstić information content (AvgIpc) is 2.81. The van der Waals surface area contributed by atoms with Crippen LogP contribution in [0.1, 0.15) is 53.9 Å². The van der Waals surface area contributed by atoms with E-state index in [1.54, 1.807) is 19.9 Å². The molecule has 0 aromatic rings. The zero-order chi connectivity index (χ0) is 18.1. The number of ether oxygens (including phenoxy) is 2. The van der Waals surface area contributed by atoms with Crippen molar-refractivity contribution in [1.82, 2.24) is 0 Å². The molecule has 2 rings (SSSR count). The minimum Gasteiger partial charge on any atom is -0.466 e. The van der Waals surface area contributed by atoms with Gasteiger partial charge in [-0.15, -0.1) is 0 Å². The van der Waals surface area contributed by atoms with Crippen LogP contribution in [-0.4, -0.2) is 30.9 Å². The van der Waals surface area contributed by atoms with Crippen LogP contribution in [0.15, 0.2) is 11.6 Å². The summed E-state index contributed by atoms with van der Waals surface area (Å²) in [6, 6.07) is 0. The van der Waals surface area contributed by atoms with Gasteiger partial charge in [-0.05, 0) is 43.6 Å². The van der Waals surface area contributed by atoms with E-state index in [0.29, 0.717) is 5.57 Å². The van der Waals surface area contributed by atoms with Crippen LogP contribution < -0.4 is 0 Å². The van der Waals surface area contributed by atoms with Gasteiger partial charge in [0.15, 0.2) is 5.78 Å². The first-order valence-corrected chi connectivity index (χ1v) is 8.77. The third kappa shape index (κ3) is 2.89. The Labute approximate surface area is 143 Å². The van der Waals surface area contributed by atoms with Crippen molar-refractivity contribution in [2.45, 2.75) is 53.9 Å². The highest BCUT2D eigenvalue weighted by Crippen LogP contribution is 2.65. The molecule has 0 amide bonds. The Kier molecular flexibility index (Phi) is 5.21. The van der Waals surface area contributed by atoms with Crippen molar-refractivity contribution in [3.8, 4) is 0 Å². The fourth-order valence-electron chi connectivity index (χ4n) is 4.20. The Morgan fingerprint density at radius 1 is 1.21 bits per heavy atom. The Balaban J connectivity index is 2.31. The lowest BCUT2D eigenvalue weighted by Crippen LogP contribution is -2.32. The molecule has 5 nitrogen and oxygen atoms in total. The van der Waals surface area contributed by atoms with Gasteiger partial charge in [0.1, 0.15) is 0 Å². The summed E-state index contributed by atoms with van der Waals surface area (Å²) in [4.78, 5) is 37.0. The van der Waals surface area contributed by atoms with Gasteiger partial charge in [0.05, 0.1) is 25.6 Å². The van der Waals surface area contributed by atoms with Gasteiger partial charge in [-0.25, -0.2) is 0 Å². The maximum atomic E-state index is 12.9. The highest BCUT2D eigenvalue weighted by atomic mass is 16.5. The second-order valence-electron chi connectivity index (χ2n) is 7.46. The van der Waals surface area contributed by atoms with Crippen LogP contribution in [0.2, 0.25) is 0 Å². The number of allylic oxidation sites excluding steroid dienone is 1. The fraction of sp³-hybridized carbons (Fsp3) is 0.737. The van der Waals surface area contributed by atoms with Crippen LogP contribution in [0.25, 0.3) is 0 Å². The van der Waals surface area contributed by atoms with Gasteiger partial charge in [0.25, 0.3) is 0 Å². The van der Waals surface area contributed by atoms with E-state index in [1.807, 2.05) is 6.92 Å². The Hall–Kier alpha value is -1.65. The molecule has 0 heterocycles. The molecular weight excluding hydrogens is 308 g/mol. The van der Waals surface area contributed by atoms with Gasteiger partial charge in [0.2, 0.25) is 0 Å². The van der Waals surface area contributed by atoms with E-state index in [9.17, 15) is 14.4 Å². The molecule has 0 radical (unpaired) electrons. The first-order valence-electron chi connectivity index (χ1n) is 8.77. The van der Waals surface area contributed by atoms with E-state index in [1.165, 1.54) is 0 Å². The molecule has 3 atom stereocenters. The predicted molar refractivity (Wildman–Crippen MR) is 89.1 cm³/mol. The Morgan fingerprint density at radius 2 is 1.83 bits per heavy atom. The second kappa shape index (κ2) is 6.69. The van der Waals surface area contributed by atoms with Crippen molar-refractivity contribution in [2.24, 2.45) is 22.7 Å². The molecule has 0 aliphatic heterocycles. The number of hydrogen-bond acceptors (Lipinski definition) is 5. The molecule has 24 heavy (non-hydrogen) atoms. The third-order valence-corrected chi connectivity index (χ3v) is 6.03. The summed E-state index contributed by atoms with van der Waals surface area (Å²) in [6.45, 7) is 10.2. The summed E-state index contributed by atoms with van der Waals surface area (Å²) >= 11 is 0. The van der Waals surface area contributed by atoms with Gasteiger partial charge in [-0.3, -0.25) is 14.4 Å². The summed E-state index contributed by atoms with van der Waals surface area (Å²) in [6.07, 6.45) is 3.40. The number of carbonyl (C=O) groups is 3. The van der Waals surface area contributed by atoms with Gasteiger partial charge >= 0.3 is 11.9 Å². The lowest BCUT2D eigenvalue weighted by atomic mass is 9.70. The van der Waals surface area contributed by atoms with Crippen molar-refractivity contribution >= 4 is 17.7 Å². The minimum atomic E-state index is -0.762. The maximum absolute atomic E-state index is 12.9. The molecule has 0 unspecified atom stereocenters. The average molecular weight is 336 g/mol. The molecule has 0 saturated heterocycles. The molecule has 0 aromatic carbocycles. The molecular formula is C19H28O5. The number of fused-ring (bicyclic) bond motifs is 2. The van der Waals surface area contributed by atoms with Crippen LogP contribution in [0, 0.1) is 22.7 Å². The SMILES string of the molecule is CCOC(=O)C[C@H](/C=C1/C(=O)[C@]2(C)CC[C@H]1C2(C)C)C(=O)OCC. The molecule has 2 bridgehead atoms. The summed E-state index contributed by atoms with van der Waals surface area (Å²) in [5.41, 5.74) is 0.183. The quantitative estimate of drug-likeness (QED) is 0.551. The zero-order valence-electron chi connectivity index (χ0n) is 15.3. The number of carbonyl (C=O) groups excluding carboxylic acids is 3. The topological polar surface area (TPSA) is 69.7 Å². The lowest BCUT2D eigenvalue weighted by Gasteiger charge is -2.31. The fourth-order valence-corrected chi connectivity index (χ4v) is 4.20. The predicted octanol–water partition coefficient (Wildman–Crippen LogP) is 3.07. The zero-order valence-corrected chi connectivity index (χ0v) is 15.3. The molecule has 2 saturated carbocycles. The second-order valence-corrected chi connectivity index (χ2v) is 7.46. The van der Waals surface area contributed by atoms with E-state index in [4.69, 9.17) is 9.47 Å². The largest absolute Gasteiger partial charge is 0.466 e. The van der Waals surface area contributed by atoms with Gasteiger partial charge < -0.3 is 9.47 Å². The molecule has 0 spiro atoms. The summed E-state index contributed by atoms with van der Waals surface area (Å²) < 4.78 is 10.0. The highest BCUT2D eigenvalue weighted by Gasteiger charge is 2.64. The Morgan fingerprint density at radius 3 is 2.33 bits per heavy atom. The van der Waals surface area contributed by atoms with Gasteiger partial charge in [-0.1, -0.05) is 26.8 Å². The normalized spacial score (nSPS) is 30.5. The van der Waals surface area contributed by atoms with Crippen LogP contribution in [0.3, 0.4) is 0 Å². The number of esters is 2. The van der Waals surface area contributed by atoms with E-state index in [-0.39, 0.29) is 42.2 Å². The van der Waals surface area contributed by atoms with Crippen LogP contribution in [0.5, 0.6) is 0 Å². The molecule has 2 aliphatic rings. The van der Waals surface area contributed by atoms with Crippen molar-refractivity contribution in [1.29, 1.82) is 0 Å². The van der Waals surface area contributed by atoms with E-state index in [2.05, 4.69) is 13.8 Å². The number of rotatable bonds is 6. The standard InChI is InChI=1S/C19H28O5/c1-6-23-15(20)11-12(17(22)24-7-2)10-13-14-8-9-19(5,16(13)21)18(14,3)4/h10,12,14H,6-9,11H2,1-5H3/b13-10+/t12-,14+,19-/m0/s1. The molecule has 2 fully saturated rings. The van der Waals surface area contributed by atoms with Gasteiger partial charge in [-0.2, -0.15) is 0 Å². The van der Waals surface area contributed by atoms with E-state index in [0.717, 1.165) is 12.8 Å². The monoisotopic (exact) mass is 336 g/mol. The number of ketones is 1. The van der Waals surface area contributed by atoms with E-state index >= 15 is 0 Å². The smallest absolute Gasteiger partial charge is 0.313 e. The highest BCUT2D eigenvalue weighted by molar-refractivity contribution is 6.05. The maximum Gasteiger partial charge on any atom is 0.313 e. The van der Waals surface area contributed by atoms with Crippen molar-refractivity contribution in [3.05, 3.63) is 11.6 Å². The Bertz CT molecular complexity index is 574. The van der Waals surface area contributed by atoms with Crippen LogP contribution >= 0.6 is 0 Å². The molecule has 0 N–H and O–H groups in total. The van der Waals surface area contributed by atoms with Crippen LogP contribution in [0.4, 0.5) is 0 Å². The first-order chi connectivity index (χ1) is 11.2. The number of Topliss-reactive ketones (excluding diaryl/α,β-unsaturated/α-hetero) is 1. The third-order valence-electron chi connectivity index (χ3n) is 6.03. The van der Waals surface area contributed by atoms with E-state index < -0.39 is 17.9 Å². The van der Waals surface area contributed by atoms with Crippen molar-refractivity contribution in [2.75, 3.05) is 13.2 Å².